The Kier molecular flexibility index (Phi) is 7.50. The number of fused-ring (bicyclic) bond motifs is 1. The molecule has 0 amide bonds. The molecule has 1 atom stereocenters. The van der Waals surface area contributed by atoms with Crippen LogP contribution in [0.5, 0.6) is 5.75 Å². The summed E-state index contributed by atoms with van der Waals surface area (Å²) in [6.45, 7) is 6.42. The largest absolute Gasteiger partial charge is 0.494 e. The molecule has 3 aromatic rings. The predicted molar refractivity (Wildman–Crippen MR) is 133 cm³/mol. The summed E-state index contributed by atoms with van der Waals surface area (Å²) in [5.74, 6) is 2.29. The van der Waals surface area contributed by atoms with Crippen molar-refractivity contribution in [2.24, 2.45) is 0 Å². The summed E-state index contributed by atoms with van der Waals surface area (Å²) >= 11 is 1.58. The number of anilines is 1. The highest BCUT2D eigenvalue weighted by Crippen LogP contribution is 2.37. The number of nitrogens with zero attached hydrogens (tertiary/aromatic N) is 3. The van der Waals surface area contributed by atoms with Crippen LogP contribution >= 0.6 is 11.8 Å². The van der Waals surface area contributed by atoms with Crippen molar-refractivity contribution in [3.05, 3.63) is 77.0 Å². The van der Waals surface area contributed by atoms with Gasteiger partial charge in [-0.15, -0.1) is 5.10 Å². The van der Waals surface area contributed by atoms with Gasteiger partial charge < -0.3 is 10.1 Å². The van der Waals surface area contributed by atoms with E-state index in [1.807, 2.05) is 54.1 Å². The third-order valence-corrected chi connectivity index (χ3v) is 6.54. The Morgan fingerprint density at radius 3 is 2.58 bits per heavy atom. The van der Waals surface area contributed by atoms with Crippen LogP contribution in [0.25, 0.3) is 0 Å². The topological polar surface area (TPSA) is 69.0 Å². The Labute approximate surface area is 199 Å². The Morgan fingerprint density at radius 2 is 1.88 bits per heavy atom. The maximum absolute atomic E-state index is 12.6. The molecule has 172 valence electrons. The van der Waals surface area contributed by atoms with Crippen LogP contribution in [-0.4, -0.2) is 27.2 Å². The quantitative estimate of drug-likeness (QED) is 0.294. The van der Waals surface area contributed by atoms with Gasteiger partial charge in [-0.2, -0.15) is 4.98 Å². The fourth-order valence-corrected chi connectivity index (χ4v) is 4.75. The summed E-state index contributed by atoms with van der Waals surface area (Å²) in [5, 5.41) is 8.72. The summed E-state index contributed by atoms with van der Waals surface area (Å²) in [7, 11) is 0. The lowest BCUT2D eigenvalue weighted by molar-refractivity contribution is -0.114. The molecule has 0 saturated heterocycles. The fourth-order valence-electron chi connectivity index (χ4n) is 3.97. The van der Waals surface area contributed by atoms with Crippen molar-refractivity contribution in [3.8, 4) is 5.75 Å². The van der Waals surface area contributed by atoms with Gasteiger partial charge in [0.05, 0.1) is 6.61 Å². The van der Waals surface area contributed by atoms with E-state index in [-0.39, 0.29) is 11.8 Å². The Hall–Kier alpha value is -3.06. The van der Waals surface area contributed by atoms with E-state index in [0.717, 1.165) is 29.2 Å². The number of carbonyl (C=O) groups excluding carboxylic acids is 1. The van der Waals surface area contributed by atoms with Gasteiger partial charge in [0.25, 0.3) is 0 Å². The minimum atomic E-state index is -0.327. The zero-order valence-corrected chi connectivity index (χ0v) is 20.2. The maximum Gasteiger partial charge on any atom is 0.227 e. The first-order chi connectivity index (χ1) is 16.1. The number of aromatic nitrogens is 3. The molecule has 1 unspecified atom stereocenters. The van der Waals surface area contributed by atoms with Crippen molar-refractivity contribution in [2.75, 3.05) is 11.9 Å². The minimum Gasteiger partial charge on any atom is -0.494 e. The molecule has 1 aliphatic rings. The number of rotatable bonds is 10. The molecule has 0 spiro atoms. The number of thioether (sulfide) groups is 1. The highest BCUT2D eigenvalue weighted by molar-refractivity contribution is 7.98. The number of hydrogen-bond acceptors (Lipinski definition) is 6. The third-order valence-electron chi connectivity index (χ3n) is 5.64. The van der Waals surface area contributed by atoms with Crippen LogP contribution in [0.1, 0.15) is 57.2 Å². The molecule has 2 aromatic carbocycles. The number of nitrogens with one attached hydrogen (secondary N) is 1. The van der Waals surface area contributed by atoms with Crippen molar-refractivity contribution in [1.29, 1.82) is 0 Å². The molecule has 2 heterocycles. The molecule has 1 aromatic heterocycles. The van der Waals surface area contributed by atoms with E-state index in [0.29, 0.717) is 23.3 Å². The summed E-state index contributed by atoms with van der Waals surface area (Å²) in [6.07, 6.45) is 3.39. The monoisotopic (exact) mass is 462 g/mol. The lowest BCUT2D eigenvalue weighted by atomic mass is 9.93. The summed E-state index contributed by atoms with van der Waals surface area (Å²) in [5.41, 5.74) is 3.70. The van der Waals surface area contributed by atoms with Crippen LogP contribution in [0.2, 0.25) is 0 Å². The van der Waals surface area contributed by atoms with E-state index in [1.54, 1.807) is 18.7 Å². The molecule has 0 saturated carbocycles. The number of carbonyl (C=O) groups is 1. The van der Waals surface area contributed by atoms with E-state index in [9.17, 15) is 4.79 Å². The first kappa shape index (κ1) is 23.1. The van der Waals surface area contributed by atoms with Crippen LogP contribution in [0.4, 0.5) is 5.95 Å². The second-order valence-corrected chi connectivity index (χ2v) is 9.13. The lowest BCUT2D eigenvalue weighted by Gasteiger charge is -2.28. The molecular weight excluding hydrogens is 432 g/mol. The molecule has 6 nitrogen and oxygen atoms in total. The summed E-state index contributed by atoms with van der Waals surface area (Å²) in [4.78, 5) is 17.3. The number of unbranched alkanes of at least 4 members (excludes halogenated alkanes) is 2. The van der Waals surface area contributed by atoms with Gasteiger partial charge in [-0.1, -0.05) is 74.0 Å². The molecule has 0 radical (unpaired) electrons. The van der Waals surface area contributed by atoms with Gasteiger partial charge >= 0.3 is 0 Å². The number of Topliss-reactive ketones (excluding diaryl/α,β-unsaturated/α-hetero) is 1. The van der Waals surface area contributed by atoms with Crippen LogP contribution < -0.4 is 10.1 Å². The van der Waals surface area contributed by atoms with Crippen molar-refractivity contribution in [1.82, 2.24) is 14.8 Å². The first-order valence-electron chi connectivity index (χ1n) is 11.4. The smallest absolute Gasteiger partial charge is 0.227 e. The zero-order chi connectivity index (χ0) is 23.2. The van der Waals surface area contributed by atoms with Crippen LogP contribution in [0.15, 0.2) is 71.0 Å². The van der Waals surface area contributed by atoms with Crippen LogP contribution in [0, 0.1) is 0 Å². The Balaban J connectivity index is 1.58. The van der Waals surface area contributed by atoms with Crippen molar-refractivity contribution in [3.63, 3.8) is 0 Å². The predicted octanol–water partition coefficient (Wildman–Crippen LogP) is 6.02. The number of ether oxygens (including phenoxy) is 1. The van der Waals surface area contributed by atoms with Gasteiger partial charge in [-0.25, -0.2) is 4.68 Å². The molecule has 7 heteroatoms. The normalized spacial score (nSPS) is 15.2. The standard InChI is InChI=1S/C26H30N4O2S/c1-4-5-9-16-32-22-14-12-21(13-15-22)24-23(19(3)31)18(2)27-25-28-26(29-30(24)25)33-17-20-10-7-6-8-11-20/h6-8,10-15,24H,4-5,9,16-17H2,1-3H3,(H,27,28,29). The van der Waals surface area contributed by atoms with E-state index in [2.05, 4.69) is 24.4 Å². The molecule has 4 rings (SSSR count). The number of ketones is 1. The van der Waals surface area contributed by atoms with E-state index >= 15 is 0 Å². The SMILES string of the molecule is CCCCCOc1ccc(C2C(C(C)=O)=C(C)Nc3nc(SCc4ccccc4)nn32)cc1. The first-order valence-corrected chi connectivity index (χ1v) is 12.4. The number of hydrogen-bond donors (Lipinski definition) is 1. The minimum absolute atomic E-state index is 0.0181. The van der Waals surface area contributed by atoms with Crippen molar-refractivity contribution < 1.29 is 9.53 Å². The molecule has 0 aliphatic carbocycles. The average Bonchev–Trinajstić information content (AvgIpc) is 3.23. The van der Waals surface area contributed by atoms with Gasteiger partial charge in [0.15, 0.2) is 5.78 Å². The van der Waals surface area contributed by atoms with Gasteiger partial charge in [0.2, 0.25) is 11.1 Å². The summed E-state index contributed by atoms with van der Waals surface area (Å²) < 4.78 is 7.69. The second kappa shape index (κ2) is 10.7. The maximum atomic E-state index is 12.6. The molecular formula is C26H30N4O2S. The van der Waals surface area contributed by atoms with Gasteiger partial charge in [0.1, 0.15) is 11.8 Å². The zero-order valence-electron chi connectivity index (χ0n) is 19.4. The molecule has 0 bridgehead atoms. The van der Waals surface area contributed by atoms with E-state index < -0.39 is 0 Å². The van der Waals surface area contributed by atoms with Crippen LogP contribution in [-0.2, 0) is 10.5 Å². The van der Waals surface area contributed by atoms with Gasteiger partial charge in [-0.3, -0.25) is 4.79 Å². The average molecular weight is 463 g/mol. The Morgan fingerprint density at radius 1 is 1.12 bits per heavy atom. The second-order valence-electron chi connectivity index (χ2n) is 8.18. The highest BCUT2D eigenvalue weighted by Gasteiger charge is 2.32. The number of benzene rings is 2. The fraction of sp³-hybridized carbons (Fsp3) is 0.346. The highest BCUT2D eigenvalue weighted by atomic mass is 32.2. The van der Waals surface area contributed by atoms with Crippen molar-refractivity contribution >= 4 is 23.5 Å². The molecule has 1 N–H and O–H groups in total. The molecule has 1 aliphatic heterocycles. The molecule has 33 heavy (non-hydrogen) atoms. The van der Waals surface area contributed by atoms with Crippen molar-refractivity contribution in [2.45, 2.75) is 57.0 Å². The van der Waals surface area contributed by atoms with Crippen LogP contribution in [0.3, 0.4) is 0 Å². The Bertz CT molecular complexity index is 1120. The number of allylic oxidation sites excluding steroid dienone is 2. The van der Waals surface area contributed by atoms with E-state index in [1.165, 1.54) is 18.4 Å². The lowest BCUT2D eigenvalue weighted by Crippen LogP contribution is -2.27. The van der Waals surface area contributed by atoms with E-state index in [4.69, 9.17) is 14.8 Å². The van der Waals surface area contributed by atoms with Gasteiger partial charge in [0, 0.05) is 17.0 Å². The summed E-state index contributed by atoms with van der Waals surface area (Å²) in [6, 6.07) is 17.9. The third kappa shape index (κ3) is 5.47. The molecule has 0 fully saturated rings. The van der Waals surface area contributed by atoms with Gasteiger partial charge in [-0.05, 0) is 43.5 Å².